The van der Waals surface area contributed by atoms with Crippen LogP contribution in [-0.2, 0) is 14.8 Å². The van der Waals surface area contributed by atoms with Crippen LogP contribution in [0, 0.1) is 11.7 Å². The molecule has 166 valence electrons. The Morgan fingerprint density at radius 3 is 2.52 bits per heavy atom. The molecule has 31 heavy (non-hydrogen) atoms. The maximum atomic E-state index is 13.9. The Kier molecular flexibility index (Phi) is 6.04. The first-order valence-corrected chi connectivity index (χ1v) is 11.7. The average Bonchev–Trinajstić information content (AvgIpc) is 2.77. The fourth-order valence-corrected chi connectivity index (χ4v) is 5.16. The first kappa shape index (κ1) is 21.4. The van der Waals surface area contributed by atoms with E-state index in [4.69, 9.17) is 9.47 Å². The number of hydrogen-bond donors (Lipinski definition) is 0. The number of likely N-dealkylation sites (tertiary alicyclic amines) is 1. The minimum Gasteiger partial charge on any atom is -0.486 e. The maximum absolute atomic E-state index is 13.9. The first-order valence-electron chi connectivity index (χ1n) is 10.3. The molecule has 1 fully saturated rings. The largest absolute Gasteiger partial charge is 0.486 e. The zero-order chi connectivity index (χ0) is 22.0. The van der Waals surface area contributed by atoms with Gasteiger partial charge in [-0.05, 0) is 49.1 Å². The summed E-state index contributed by atoms with van der Waals surface area (Å²) in [6.45, 7) is 3.59. The number of carbonyl (C=O) groups is 1. The number of anilines is 1. The molecule has 0 aliphatic carbocycles. The van der Waals surface area contributed by atoms with Gasteiger partial charge in [0, 0.05) is 19.2 Å². The second-order valence-electron chi connectivity index (χ2n) is 7.86. The summed E-state index contributed by atoms with van der Waals surface area (Å²) in [6, 6.07) is 9.55. The molecule has 0 N–H and O–H groups in total. The van der Waals surface area contributed by atoms with Gasteiger partial charge in [-0.1, -0.05) is 13.0 Å². The number of carbonyl (C=O) groups excluding carboxylic acids is 1. The fourth-order valence-electron chi connectivity index (χ4n) is 3.74. The van der Waals surface area contributed by atoms with Crippen LogP contribution in [0.2, 0.25) is 0 Å². The molecule has 0 spiro atoms. The van der Waals surface area contributed by atoms with E-state index in [1.807, 2.05) is 0 Å². The summed E-state index contributed by atoms with van der Waals surface area (Å²) in [5, 5.41) is 0. The molecule has 2 aromatic carbocycles. The standard InChI is InChI=1S/C22H25FN2O5S/c1-16-7-9-24(10-8-16)22(26)15-25(18-4-2-3-17(23)13-18)31(27,28)19-5-6-20-21(14-19)30-12-11-29-20/h2-6,13-14,16H,7-12,15H2,1H3. The van der Waals surface area contributed by atoms with Crippen LogP contribution in [-0.4, -0.2) is 52.1 Å². The number of sulfonamides is 1. The van der Waals surface area contributed by atoms with Gasteiger partial charge < -0.3 is 14.4 Å². The molecule has 0 saturated carbocycles. The van der Waals surface area contributed by atoms with E-state index in [0.29, 0.717) is 43.7 Å². The SMILES string of the molecule is CC1CCN(C(=O)CN(c2cccc(F)c2)S(=O)(=O)c2ccc3c(c2)OCCO3)CC1. The third-order valence-electron chi connectivity index (χ3n) is 5.61. The minimum atomic E-state index is -4.17. The number of hydrogen-bond acceptors (Lipinski definition) is 5. The molecule has 2 heterocycles. The molecular weight excluding hydrogens is 423 g/mol. The van der Waals surface area contributed by atoms with Crippen LogP contribution in [0.4, 0.5) is 10.1 Å². The Morgan fingerprint density at radius 2 is 1.81 bits per heavy atom. The summed E-state index contributed by atoms with van der Waals surface area (Å²) in [4.78, 5) is 14.6. The summed E-state index contributed by atoms with van der Waals surface area (Å²) in [5.74, 6) is 0.421. The van der Waals surface area contributed by atoms with Gasteiger partial charge in [-0.2, -0.15) is 0 Å². The van der Waals surface area contributed by atoms with Gasteiger partial charge in [-0.25, -0.2) is 12.8 Å². The van der Waals surface area contributed by atoms with Crippen LogP contribution >= 0.6 is 0 Å². The number of rotatable bonds is 5. The smallest absolute Gasteiger partial charge is 0.264 e. The molecule has 1 saturated heterocycles. The lowest BCUT2D eigenvalue weighted by molar-refractivity contribution is -0.130. The van der Waals surface area contributed by atoms with Crippen molar-refractivity contribution in [2.24, 2.45) is 5.92 Å². The second kappa shape index (κ2) is 8.74. The molecule has 0 radical (unpaired) electrons. The van der Waals surface area contributed by atoms with E-state index >= 15 is 0 Å². The van der Waals surface area contributed by atoms with Crippen LogP contribution in [0.1, 0.15) is 19.8 Å². The highest BCUT2D eigenvalue weighted by molar-refractivity contribution is 7.92. The predicted molar refractivity (Wildman–Crippen MR) is 113 cm³/mol. The van der Waals surface area contributed by atoms with Crippen molar-refractivity contribution in [3.05, 3.63) is 48.3 Å². The summed E-state index contributed by atoms with van der Waals surface area (Å²) < 4.78 is 52.9. The van der Waals surface area contributed by atoms with Crippen molar-refractivity contribution in [3.63, 3.8) is 0 Å². The van der Waals surface area contributed by atoms with Crippen LogP contribution in [0.3, 0.4) is 0 Å². The monoisotopic (exact) mass is 448 g/mol. The molecule has 9 heteroatoms. The summed E-state index contributed by atoms with van der Waals surface area (Å²) >= 11 is 0. The molecule has 0 atom stereocenters. The Labute approximate surface area is 181 Å². The van der Waals surface area contributed by atoms with Crippen LogP contribution in [0.25, 0.3) is 0 Å². The van der Waals surface area contributed by atoms with Crippen molar-refractivity contribution in [1.29, 1.82) is 0 Å². The Bertz CT molecular complexity index is 1070. The topological polar surface area (TPSA) is 76.2 Å². The molecule has 2 aliphatic rings. The number of piperidine rings is 1. The molecule has 0 bridgehead atoms. The highest BCUT2D eigenvalue weighted by Gasteiger charge is 2.31. The molecular formula is C22H25FN2O5S. The first-order chi connectivity index (χ1) is 14.8. The Morgan fingerprint density at radius 1 is 1.10 bits per heavy atom. The van der Waals surface area contributed by atoms with Crippen LogP contribution in [0.5, 0.6) is 11.5 Å². The number of nitrogens with zero attached hydrogens (tertiary/aromatic N) is 2. The fraction of sp³-hybridized carbons (Fsp3) is 0.409. The normalized spacial score (nSPS) is 16.8. The van der Waals surface area contributed by atoms with E-state index in [1.54, 1.807) is 4.90 Å². The van der Waals surface area contributed by atoms with E-state index in [-0.39, 0.29) is 16.5 Å². The molecule has 1 amide bonds. The predicted octanol–water partition coefficient (Wildman–Crippen LogP) is 3.05. The van der Waals surface area contributed by atoms with Crippen molar-refractivity contribution >= 4 is 21.6 Å². The van der Waals surface area contributed by atoms with E-state index < -0.39 is 22.4 Å². The highest BCUT2D eigenvalue weighted by atomic mass is 32.2. The molecule has 0 aromatic heterocycles. The Balaban J connectivity index is 1.67. The lowest BCUT2D eigenvalue weighted by Gasteiger charge is -2.33. The van der Waals surface area contributed by atoms with E-state index in [0.717, 1.165) is 23.2 Å². The molecule has 2 aliphatic heterocycles. The van der Waals surface area contributed by atoms with Gasteiger partial charge in [-0.3, -0.25) is 9.10 Å². The average molecular weight is 449 g/mol. The maximum Gasteiger partial charge on any atom is 0.264 e. The van der Waals surface area contributed by atoms with Crippen molar-refractivity contribution in [2.45, 2.75) is 24.7 Å². The summed E-state index contributed by atoms with van der Waals surface area (Å²) in [6.07, 6.45) is 1.75. The van der Waals surface area contributed by atoms with Crippen molar-refractivity contribution in [1.82, 2.24) is 4.90 Å². The zero-order valence-corrected chi connectivity index (χ0v) is 18.1. The Hall–Kier alpha value is -2.81. The van der Waals surface area contributed by atoms with Crippen molar-refractivity contribution < 1.29 is 27.1 Å². The summed E-state index contributed by atoms with van der Waals surface area (Å²) in [7, 11) is -4.17. The van der Waals surface area contributed by atoms with Gasteiger partial charge in [0.25, 0.3) is 10.0 Å². The second-order valence-corrected chi connectivity index (χ2v) is 9.72. The van der Waals surface area contributed by atoms with E-state index in [2.05, 4.69) is 6.92 Å². The minimum absolute atomic E-state index is 0.0546. The lowest BCUT2D eigenvalue weighted by atomic mass is 9.99. The molecule has 2 aromatic rings. The van der Waals surface area contributed by atoms with E-state index in [9.17, 15) is 17.6 Å². The third kappa shape index (κ3) is 4.61. The van der Waals surface area contributed by atoms with Crippen molar-refractivity contribution in [3.8, 4) is 11.5 Å². The van der Waals surface area contributed by atoms with E-state index in [1.165, 1.54) is 36.4 Å². The molecule has 0 unspecified atom stereocenters. The number of amides is 1. The molecule has 4 rings (SSSR count). The summed E-state index contributed by atoms with van der Waals surface area (Å²) in [5.41, 5.74) is 0.0913. The van der Waals surface area contributed by atoms with Gasteiger partial charge in [0.1, 0.15) is 25.6 Å². The van der Waals surface area contributed by atoms with Gasteiger partial charge in [0.2, 0.25) is 5.91 Å². The molecule has 7 nitrogen and oxygen atoms in total. The van der Waals surface area contributed by atoms with Crippen LogP contribution in [0.15, 0.2) is 47.4 Å². The lowest BCUT2D eigenvalue weighted by Crippen LogP contribution is -2.45. The quantitative estimate of drug-likeness (QED) is 0.703. The van der Waals surface area contributed by atoms with Crippen molar-refractivity contribution in [2.75, 3.05) is 37.2 Å². The zero-order valence-electron chi connectivity index (χ0n) is 17.3. The number of ether oxygens (including phenoxy) is 2. The number of fused-ring (bicyclic) bond motifs is 1. The van der Waals surface area contributed by atoms with Gasteiger partial charge in [0.05, 0.1) is 10.6 Å². The van der Waals surface area contributed by atoms with Gasteiger partial charge in [-0.15, -0.1) is 0 Å². The van der Waals surface area contributed by atoms with Gasteiger partial charge in [0.15, 0.2) is 11.5 Å². The van der Waals surface area contributed by atoms with Crippen LogP contribution < -0.4 is 13.8 Å². The third-order valence-corrected chi connectivity index (χ3v) is 7.38. The van der Waals surface area contributed by atoms with Gasteiger partial charge >= 0.3 is 0 Å². The number of benzene rings is 2. The number of halogens is 1. The highest BCUT2D eigenvalue weighted by Crippen LogP contribution is 2.34.